The first kappa shape index (κ1) is 17.9. The second-order valence-electron chi connectivity index (χ2n) is 5.82. The summed E-state index contributed by atoms with van der Waals surface area (Å²) in [5, 5.41) is 0.310. The highest BCUT2D eigenvalue weighted by Gasteiger charge is 2.18. The van der Waals surface area contributed by atoms with Crippen LogP contribution in [-0.2, 0) is 22.5 Å². The van der Waals surface area contributed by atoms with Crippen LogP contribution in [0, 0.1) is 0 Å². The molecule has 0 unspecified atom stereocenters. The zero-order valence-electron chi connectivity index (χ0n) is 13.1. The molecule has 6 heteroatoms. The van der Waals surface area contributed by atoms with E-state index in [2.05, 4.69) is 19.1 Å². The summed E-state index contributed by atoms with van der Waals surface area (Å²) in [5.74, 6) is -0.232. The Kier molecular flexibility index (Phi) is 6.61. The second kappa shape index (κ2) is 7.75. The second-order valence-corrected chi connectivity index (χ2v) is 7.49. The van der Waals surface area contributed by atoms with E-state index in [1.54, 1.807) is 11.3 Å². The molecule has 0 atom stereocenters. The molecule has 0 spiro atoms. The van der Waals surface area contributed by atoms with E-state index in [1.165, 1.54) is 9.75 Å². The highest BCUT2D eigenvalue weighted by molar-refractivity contribution is 7.80. The van der Waals surface area contributed by atoms with Gasteiger partial charge in [-0.2, -0.15) is 0 Å². The third kappa shape index (κ3) is 6.91. The number of nitrogens with two attached hydrogens (primary N) is 1. The summed E-state index contributed by atoms with van der Waals surface area (Å²) in [6, 6.07) is 4.20. The van der Waals surface area contributed by atoms with Crippen molar-refractivity contribution in [2.75, 3.05) is 6.54 Å². The molecule has 0 saturated carbocycles. The monoisotopic (exact) mass is 328 g/mol. The summed E-state index contributed by atoms with van der Waals surface area (Å²) in [4.78, 5) is 16.1. The number of carbonyl (C=O) groups is 1. The number of rotatable bonds is 6. The number of thiocarbonyl (C=S) groups is 1. The Bertz CT molecular complexity index is 492. The van der Waals surface area contributed by atoms with Gasteiger partial charge in [-0.3, -0.25) is 4.79 Å². The first-order chi connectivity index (χ1) is 9.71. The fourth-order valence-electron chi connectivity index (χ4n) is 1.77. The number of esters is 1. The average molecular weight is 329 g/mol. The van der Waals surface area contributed by atoms with Gasteiger partial charge in [-0.05, 0) is 51.5 Å². The topological polar surface area (TPSA) is 55.6 Å². The zero-order chi connectivity index (χ0) is 16.0. The first-order valence-electron chi connectivity index (χ1n) is 7.05. The molecule has 1 rings (SSSR count). The van der Waals surface area contributed by atoms with Crippen molar-refractivity contribution in [2.24, 2.45) is 5.73 Å². The lowest BCUT2D eigenvalue weighted by Crippen LogP contribution is -2.37. The summed E-state index contributed by atoms with van der Waals surface area (Å²) in [5.41, 5.74) is 5.28. The highest BCUT2D eigenvalue weighted by Crippen LogP contribution is 2.19. The molecule has 4 nitrogen and oxygen atoms in total. The van der Waals surface area contributed by atoms with E-state index < -0.39 is 5.60 Å². The third-order valence-corrected chi connectivity index (χ3v) is 4.20. The maximum Gasteiger partial charge on any atom is 0.308 e. The van der Waals surface area contributed by atoms with Gasteiger partial charge in [0.2, 0.25) is 0 Å². The fourth-order valence-corrected chi connectivity index (χ4v) is 2.90. The average Bonchev–Trinajstić information content (AvgIpc) is 2.79. The Labute approximate surface area is 136 Å². The van der Waals surface area contributed by atoms with Crippen LogP contribution in [0.25, 0.3) is 0 Å². The summed E-state index contributed by atoms with van der Waals surface area (Å²) >= 11 is 6.82. The Morgan fingerprint density at radius 3 is 2.48 bits per heavy atom. The molecule has 0 saturated heterocycles. The van der Waals surface area contributed by atoms with Crippen molar-refractivity contribution < 1.29 is 9.53 Å². The molecule has 0 radical (unpaired) electrons. The smallest absolute Gasteiger partial charge is 0.308 e. The van der Waals surface area contributed by atoms with Crippen molar-refractivity contribution in [1.29, 1.82) is 0 Å². The SMILES string of the molecule is CCc1ccc(CN(CCC(=O)OC(C)(C)C)C(N)=S)s1. The van der Waals surface area contributed by atoms with Crippen LogP contribution in [0.3, 0.4) is 0 Å². The molecule has 21 heavy (non-hydrogen) atoms. The maximum absolute atomic E-state index is 11.8. The van der Waals surface area contributed by atoms with Crippen LogP contribution >= 0.6 is 23.6 Å². The van der Waals surface area contributed by atoms with Gasteiger partial charge in [0.15, 0.2) is 5.11 Å². The van der Waals surface area contributed by atoms with E-state index in [4.69, 9.17) is 22.7 Å². The predicted octanol–water partition coefficient (Wildman–Crippen LogP) is 3.09. The van der Waals surface area contributed by atoms with Gasteiger partial charge in [-0.25, -0.2) is 0 Å². The molecule has 1 aromatic rings. The molecule has 0 aliphatic carbocycles. The molecule has 1 heterocycles. The molecule has 0 aliphatic heterocycles. The van der Waals surface area contributed by atoms with Crippen LogP contribution in [0.1, 0.15) is 43.9 Å². The van der Waals surface area contributed by atoms with Gasteiger partial charge in [0.25, 0.3) is 0 Å². The zero-order valence-corrected chi connectivity index (χ0v) is 14.8. The molecule has 0 aliphatic rings. The van der Waals surface area contributed by atoms with Gasteiger partial charge >= 0.3 is 5.97 Å². The molecule has 0 fully saturated rings. The summed E-state index contributed by atoms with van der Waals surface area (Å²) in [6.07, 6.45) is 1.30. The van der Waals surface area contributed by atoms with Crippen molar-refractivity contribution in [1.82, 2.24) is 4.90 Å². The lowest BCUT2D eigenvalue weighted by molar-refractivity contribution is -0.154. The first-order valence-corrected chi connectivity index (χ1v) is 8.27. The maximum atomic E-state index is 11.8. The van der Waals surface area contributed by atoms with E-state index in [0.29, 0.717) is 18.2 Å². The molecular weight excluding hydrogens is 304 g/mol. The standard InChI is InChI=1S/C15H24N2O2S2/c1-5-11-6-7-12(21-11)10-17(14(16)20)9-8-13(18)19-15(2,3)4/h6-7H,5,8-10H2,1-4H3,(H2,16,20). The fraction of sp³-hybridized carbons (Fsp3) is 0.600. The van der Waals surface area contributed by atoms with Gasteiger partial charge < -0.3 is 15.4 Å². The Morgan fingerprint density at radius 2 is 2.00 bits per heavy atom. The summed E-state index contributed by atoms with van der Waals surface area (Å²) in [7, 11) is 0. The van der Waals surface area contributed by atoms with Crippen molar-refractivity contribution in [3.8, 4) is 0 Å². The van der Waals surface area contributed by atoms with Crippen LogP contribution in [0.15, 0.2) is 12.1 Å². The number of carbonyl (C=O) groups excluding carboxylic acids is 1. The minimum absolute atomic E-state index is 0.232. The van der Waals surface area contributed by atoms with E-state index in [1.807, 2.05) is 25.7 Å². The van der Waals surface area contributed by atoms with Crippen LogP contribution < -0.4 is 5.73 Å². The lowest BCUT2D eigenvalue weighted by Gasteiger charge is -2.23. The van der Waals surface area contributed by atoms with Crippen LogP contribution in [0.2, 0.25) is 0 Å². The Hall–Kier alpha value is -1.14. The van der Waals surface area contributed by atoms with E-state index in [0.717, 1.165) is 6.42 Å². The van der Waals surface area contributed by atoms with Gasteiger partial charge in [-0.1, -0.05) is 6.92 Å². The van der Waals surface area contributed by atoms with Crippen LogP contribution in [-0.4, -0.2) is 28.1 Å². The van der Waals surface area contributed by atoms with Gasteiger partial charge in [-0.15, -0.1) is 11.3 Å². The van der Waals surface area contributed by atoms with E-state index in [9.17, 15) is 4.79 Å². The minimum atomic E-state index is -0.463. The van der Waals surface area contributed by atoms with Gasteiger partial charge in [0.1, 0.15) is 5.60 Å². The molecule has 118 valence electrons. The molecule has 0 aromatic carbocycles. The van der Waals surface area contributed by atoms with E-state index >= 15 is 0 Å². The number of hydrogen-bond donors (Lipinski definition) is 1. The molecular formula is C15H24N2O2S2. The Balaban J connectivity index is 2.54. The summed E-state index contributed by atoms with van der Waals surface area (Å²) in [6.45, 7) is 8.81. The molecule has 0 amide bonds. The lowest BCUT2D eigenvalue weighted by atomic mass is 10.2. The van der Waals surface area contributed by atoms with Gasteiger partial charge in [0, 0.05) is 16.3 Å². The number of thiophene rings is 1. The number of aryl methyl sites for hydroxylation is 1. The third-order valence-electron chi connectivity index (χ3n) is 2.73. The molecule has 0 bridgehead atoms. The van der Waals surface area contributed by atoms with E-state index in [-0.39, 0.29) is 12.4 Å². The van der Waals surface area contributed by atoms with Crippen molar-refractivity contribution in [3.05, 3.63) is 21.9 Å². The number of hydrogen-bond acceptors (Lipinski definition) is 4. The summed E-state index contributed by atoms with van der Waals surface area (Å²) < 4.78 is 5.29. The molecule has 1 aromatic heterocycles. The quantitative estimate of drug-likeness (QED) is 0.642. The highest BCUT2D eigenvalue weighted by atomic mass is 32.1. The minimum Gasteiger partial charge on any atom is -0.460 e. The van der Waals surface area contributed by atoms with Gasteiger partial charge in [0.05, 0.1) is 13.0 Å². The normalized spacial score (nSPS) is 11.2. The van der Waals surface area contributed by atoms with Crippen molar-refractivity contribution in [2.45, 2.75) is 52.7 Å². The van der Waals surface area contributed by atoms with Crippen LogP contribution in [0.4, 0.5) is 0 Å². The van der Waals surface area contributed by atoms with Crippen molar-refractivity contribution in [3.63, 3.8) is 0 Å². The Morgan fingerprint density at radius 1 is 1.38 bits per heavy atom. The van der Waals surface area contributed by atoms with Crippen molar-refractivity contribution >= 4 is 34.6 Å². The molecule has 2 N–H and O–H groups in total. The van der Waals surface area contributed by atoms with Crippen LogP contribution in [0.5, 0.6) is 0 Å². The number of nitrogens with zero attached hydrogens (tertiary/aromatic N) is 1. The predicted molar refractivity (Wildman–Crippen MR) is 91.4 cm³/mol. The largest absolute Gasteiger partial charge is 0.460 e. The number of ether oxygens (including phenoxy) is 1.